The molecule has 0 radical (unpaired) electrons. The van der Waals surface area contributed by atoms with E-state index in [-0.39, 0.29) is 0 Å². The Hall–Kier alpha value is -3.75. The Bertz CT molecular complexity index is 865. The van der Waals surface area contributed by atoms with Crippen molar-refractivity contribution in [2.75, 3.05) is 16.4 Å². The van der Waals surface area contributed by atoms with E-state index in [1.807, 2.05) is 0 Å². The highest BCUT2D eigenvalue weighted by atomic mass is 16.2. The normalized spacial score (nSPS) is 11.7. The first-order chi connectivity index (χ1) is 12.3. The number of nitrogens with zero attached hydrogens (tertiary/aromatic N) is 2. The lowest BCUT2D eigenvalue weighted by atomic mass is 10.2. The number of hydrogen-bond acceptors (Lipinski definition) is 6. The largest absolute Gasteiger partial charge is 0.399 e. The standard InChI is InChI=1S/C17H18N6O3/c1-10(24)15(16(25)20-12-5-2-4-11(18)8-12)23-22-14-7-3-6-13(9-14)21-17(19)26/h2-9,15H,18H2,1H3,(H,20,25)(H3,19,21,26). The smallest absolute Gasteiger partial charge is 0.316 e. The molecule has 0 aliphatic rings. The van der Waals surface area contributed by atoms with Crippen LogP contribution in [0.2, 0.25) is 0 Å². The Labute approximate surface area is 149 Å². The number of primary amides is 1. The van der Waals surface area contributed by atoms with E-state index in [0.29, 0.717) is 22.7 Å². The van der Waals surface area contributed by atoms with Gasteiger partial charge in [-0.05, 0) is 43.3 Å². The van der Waals surface area contributed by atoms with Crippen molar-refractivity contribution in [3.05, 3.63) is 48.5 Å². The molecule has 9 nitrogen and oxygen atoms in total. The summed E-state index contributed by atoms with van der Waals surface area (Å²) in [6, 6.07) is 10.8. The van der Waals surface area contributed by atoms with E-state index in [4.69, 9.17) is 11.5 Å². The zero-order chi connectivity index (χ0) is 19.1. The maximum atomic E-state index is 12.3. The summed E-state index contributed by atoms with van der Waals surface area (Å²) in [4.78, 5) is 34.9. The first-order valence-corrected chi connectivity index (χ1v) is 7.59. The zero-order valence-electron chi connectivity index (χ0n) is 14.0. The van der Waals surface area contributed by atoms with Gasteiger partial charge in [0.15, 0.2) is 5.78 Å². The second-order valence-corrected chi connectivity index (χ2v) is 5.38. The van der Waals surface area contributed by atoms with Crippen molar-refractivity contribution < 1.29 is 14.4 Å². The van der Waals surface area contributed by atoms with Gasteiger partial charge < -0.3 is 22.1 Å². The number of carbonyl (C=O) groups is 3. The predicted octanol–water partition coefficient (Wildman–Crippen LogP) is 2.44. The number of Topliss-reactive ketones (excluding diaryl/α,β-unsaturated/α-hetero) is 1. The fourth-order valence-corrected chi connectivity index (χ4v) is 2.06. The summed E-state index contributed by atoms with van der Waals surface area (Å²) in [7, 11) is 0. The predicted molar refractivity (Wildman–Crippen MR) is 98.1 cm³/mol. The third-order valence-electron chi connectivity index (χ3n) is 3.19. The van der Waals surface area contributed by atoms with Gasteiger partial charge in [0.25, 0.3) is 5.91 Å². The molecule has 9 heteroatoms. The monoisotopic (exact) mass is 354 g/mol. The number of ketones is 1. The van der Waals surface area contributed by atoms with E-state index in [1.54, 1.807) is 42.5 Å². The van der Waals surface area contributed by atoms with Gasteiger partial charge in [0, 0.05) is 17.1 Å². The van der Waals surface area contributed by atoms with Crippen LogP contribution >= 0.6 is 0 Å². The SMILES string of the molecule is CC(=O)C(N=Nc1cccc(NC(N)=O)c1)C(=O)Nc1cccc(N)c1. The molecule has 1 unspecified atom stereocenters. The van der Waals surface area contributed by atoms with Gasteiger partial charge in [-0.25, -0.2) is 4.79 Å². The highest BCUT2D eigenvalue weighted by Gasteiger charge is 2.23. The van der Waals surface area contributed by atoms with E-state index in [9.17, 15) is 14.4 Å². The summed E-state index contributed by atoms with van der Waals surface area (Å²) >= 11 is 0. The quantitative estimate of drug-likeness (QED) is 0.357. The van der Waals surface area contributed by atoms with Gasteiger partial charge in [0.2, 0.25) is 6.04 Å². The minimum Gasteiger partial charge on any atom is -0.399 e. The van der Waals surface area contributed by atoms with Crippen LogP contribution in [0.25, 0.3) is 0 Å². The summed E-state index contributed by atoms with van der Waals surface area (Å²) in [6.07, 6.45) is 0. The lowest BCUT2D eigenvalue weighted by Gasteiger charge is -2.10. The molecule has 0 aliphatic carbocycles. The van der Waals surface area contributed by atoms with Crippen molar-refractivity contribution in [1.82, 2.24) is 0 Å². The van der Waals surface area contributed by atoms with Crippen LogP contribution in [0, 0.1) is 0 Å². The van der Waals surface area contributed by atoms with Gasteiger partial charge in [-0.3, -0.25) is 9.59 Å². The molecule has 0 spiro atoms. The number of nitrogens with one attached hydrogen (secondary N) is 2. The summed E-state index contributed by atoms with van der Waals surface area (Å²) in [5.74, 6) is -1.10. The number of nitrogen functional groups attached to an aromatic ring is 1. The van der Waals surface area contributed by atoms with E-state index in [1.165, 1.54) is 13.0 Å². The van der Waals surface area contributed by atoms with E-state index in [2.05, 4.69) is 20.9 Å². The Morgan fingerprint density at radius 3 is 2.27 bits per heavy atom. The number of amides is 3. The fourth-order valence-electron chi connectivity index (χ4n) is 2.06. The fraction of sp³-hybridized carbons (Fsp3) is 0.118. The number of rotatable bonds is 6. The molecular formula is C17H18N6O3. The van der Waals surface area contributed by atoms with Crippen LogP contribution in [0.5, 0.6) is 0 Å². The maximum absolute atomic E-state index is 12.3. The molecule has 6 N–H and O–H groups in total. The van der Waals surface area contributed by atoms with Crippen LogP contribution < -0.4 is 22.1 Å². The first kappa shape index (κ1) is 18.6. The number of azo groups is 1. The lowest BCUT2D eigenvalue weighted by Crippen LogP contribution is -2.31. The number of anilines is 3. The van der Waals surface area contributed by atoms with Crippen LogP contribution in [0.15, 0.2) is 58.8 Å². The minimum absolute atomic E-state index is 0.347. The average molecular weight is 354 g/mol. The lowest BCUT2D eigenvalue weighted by molar-refractivity contribution is -0.126. The van der Waals surface area contributed by atoms with Crippen LogP contribution in [0.1, 0.15) is 6.92 Å². The van der Waals surface area contributed by atoms with Gasteiger partial charge >= 0.3 is 6.03 Å². The van der Waals surface area contributed by atoms with Gasteiger partial charge in [0.05, 0.1) is 5.69 Å². The second-order valence-electron chi connectivity index (χ2n) is 5.38. The van der Waals surface area contributed by atoms with Crippen molar-refractivity contribution in [2.24, 2.45) is 16.0 Å². The van der Waals surface area contributed by atoms with Crippen molar-refractivity contribution in [3.8, 4) is 0 Å². The third kappa shape index (κ3) is 5.41. The molecule has 0 fully saturated rings. The molecule has 3 amide bonds. The van der Waals surface area contributed by atoms with Gasteiger partial charge in [0.1, 0.15) is 0 Å². The number of carbonyl (C=O) groups excluding carboxylic acids is 3. The molecule has 2 rings (SSSR count). The molecule has 0 saturated heterocycles. The Balaban J connectivity index is 2.14. The molecular weight excluding hydrogens is 336 g/mol. The van der Waals surface area contributed by atoms with Crippen molar-refractivity contribution in [2.45, 2.75) is 13.0 Å². The first-order valence-electron chi connectivity index (χ1n) is 7.59. The zero-order valence-corrected chi connectivity index (χ0v) is 14.0. The molecule has 134 valence electrons. The van der Waals surface area contributed by atoms with E-state index < -0.39 is 23.8 Å². The van der Waals surface area contributed by atoms with Crippen molar-refractivity contribution in [1.29, 1.82) is 0 Å². The third-order valence-corrected chi connectivity index (χ3v) is 3.19. The van der Waals surface area contributed by atoms with Crippen LogP contribution in [-0.4, -0.2) is 23.8 Å². The Morgan fingerprint density at radius 2 is 1.65 bits per heavy atom. The maximum Gasteiger partial charge on any atom is 0.316 e. The average Bonchev–Trinajstić information content (AvgIpc) is 2.54. The number of hydrogen-bond donors (Lipinski definition) is 4. The molecule has 0 bridgehead atoms. The molecule has 26 heavy (non-hydrogen) atoms. The van der Waals surface area contributed by atoms with E-state index >= 15 is 0 Å². The summed E-state index contributed by atoms with van der Waals surface area (Å²) in [5.41, 5.74) is 12.4. The van der Waals surface area contributed by atoms with Crippen LogP contribution in [0.4, 0.5) is 27.5 Å². The molecule has 0 saturated carbocycles. The molecule has 1 atom stereocenters. The molecule has 2 aromatic carbocycles. The number of benzene rings is 2. The van der Waals surface area contributed by atoms with Crippen molar-refractivity contribution in [3.63, 3.8) is 0 Å². The topological polar surface area (TPSA) is 152 Å². The highest BCUT2D eigenvalue weighted by molar-refractivity contribution is 6.10. The van der Waals surface area contributed by atoms with Gasteiger partial charge in [-0.2, -0.15) is 10.2 Å². The molecule has 0 aromatic heterocycles. The van der Waals surface area contributed by atoms with Crippen LogP contribution in [-0.2, 0) is 9.59 Å². The summed E-state index contributed by atoms with van der Waals surface area (Å²) < 4.78 is 0. The second kappa shape index (κ2) is 8.38. The Morgan fingerprint density at radius 1 is 1.00 bits per heavy atom. The molecule has 0 aliphatic heterocycles. The summed E-state index contributed by atoms with van der Waals surface area (Å²) in [5, 5.41) is 12.7. The molecule has 0 heterocycles. The van der Waals surface area contributed by atoms with Crippen LogP contribution in [0.3, 0.4) is 0 Å². The van der Waals surface area contributed by atoms with Gasteiger partial charge in [-0.15, -0.1) is 0 Å². The number of urea groups is 1. The number of nitrogens with two attached hydrogens (primary N) is 2. The van der Waals surface area contributed by atoms with Crippen molar-refractivity contribution >= 4 is 40.5 Å². The van der Waals surface area contributed by atoms with Gasteiger partial charge in [-0.1, -0.05) is 12.1 Å². The highest BCUT2D eigenvalue weighted by Crippen LogP contribution is 2.19. The van der Waals surface area contributed by atoms with E-state index in [0.717, 1.165) is 0 Å². The Kier molecular flexibility index (Phi) is 5.99. The summed E-state index contributed by atoms with van der Waals surface area (Å²) in [6.45, 7) is 1.24. The molecule has 2 aromatic rings. The minimum atomic E-state index is -1.32.